The number of pyridine rings is 1. The molecule has 3 heterocycles. The molecular formula is C20H19N5O3. The molecule has 3 N–H and O–H groups in total. The summed E-state index contributed by atoms with van der Waals surface area (Å²) in [4.78, 5) is 36.9. The zero-order valence-electron chi connectivity index (χ0n) is 15.7. The number of H-pyrrole nitrogens is 1. The van der Waals surface area contributed by atoms with E-state index in [0.29, 0.717) is 33.3 Å². The van der Waals surface area contributed by atoms with Gasteiger partial charge in [-0.25, -0.2) is 19.3 Å². The number of aromatic nitrogens is 4. The van der Waals surface area contributed by atoms with E-state index in [-0.39, 0.29) is 11.3 Å². The molecule has 0 spiro atoms. The number of benzene rings is 1. The van der Waals surface area contributed by atoms with Crippen molar-refractivity contribution in [2.45, 2.75) is 26.4 Å². The van der Waals surface area contributed by atoms with E-state index >= 15 is 0 Å². The van der Waals surface area contributed by atoms with Gasteiger partial charge in [0.1, 0.15) is 16.9 Å². The summed E-state index contributed by atoms with van der Waals surface area (Å²) in [6.45, 7) is 5.35. The summed E-state index contributed by atoms with van der Waals surface area (Å²) >= 11 is 0. The quantitative estimate of drug-likeness (QED) is 0.492. The molecule has 0 atom stereocenters. The standard InChI is InChI=1S/C20H19N5O3/c1-20(2,3)28-19(27)25-10-13(12-5-4-8-22-17(12)25)16-18(26)24-15-9-11(21)6-7-14(15)23-16/h4-10H,21H2,1-3H3,(H,24,26). The molecule has 8 heteroatoms. The van der Waals surface area contributed by atoms with Crippen LogP contribution in [0.5, 0.6) is 0 Å². The number of fused-ring (bicyclic) bond motifs is 2. The van der Waals surface area contributed by atoms with Crippen LogP contribution in [0.4, 0.5) is 10.5 Å². The predicted octanol–water partition coefficient (Wildman–Crippen LogP) is 3.31. The van der Waals surface area contributed by atoms with Crippen LogP contribution in [-0.2, 0) is 4.74 Å². The molecule has 0 aliphatic heterocycles. The Kier molecular flexibility index (Phi) is 3.92. The molecule has 0 amide bonds. The van der Waals surface area contributed by atoms with Crippen LogP contribution in [0.15, 0.2) is 47.5 Å². The fourth-order valence-electron chi connectivity index (χ4n) is 2.98. The van der Waals surface area contributed by atoms with E-state index in [2.05, 4.69) is 15.0 Å². The van der Waals surface area contributed by atoms with Crippen LogP contribution in [0.3, 0.4) is 0 Å². The lowest BCUT2D eigenvalue weighted by molar-refractivity contribution is 0.0544. The normalized spacial score (nSPS) is 11.8. The monoisotopic (exact) mass is 377 g/mol. The Morgan fingerprint density at radius 1 is 1.25 bits per heavy atom. The van der Waals surface area contributed by atoms with Crippen molar-refractivity contribution in [2.75, 3.05) is 5.73 Å². The van der Waals surface area contributed by atoms with Crippen molar-refractivity contribution in [3.05, 3.63) is 53.1 Å². The molecule has 0 bridgehead atoms. The lowest BCUT2D eigenvalue weighted by Crippen LogP contribution is -2.26. The summed E-state index contributed by atoms with van der Waals surface area (Å²) < 4.78 is 6.75. The minimum atomic E-state index is -0.665. The van der Waals surface area contributed by atoms with Gasteiger partial charge in [0.25, 0.3) is 5.56 Å². The molecule has 0 aliphatic rings. The Morgan fingerprint density at radius 3 is 2.79 bits per heavy atom. The van der Waals surface area contributed by atoms with E-state index in [4.69, 9.17) is 10.5 Å². The second-order valence-electron chi connectivity index (χ2n) is 7.46. The summed E-state index contributed by atoms with van der Waals surface area (Å²) in [5, 5.41) is 0.626. The van der Waals surface area contributed by atoms with Crippen LogP contribution >= 0.6 is 0 Å². The number of anilines is 1. The molecule has 3 aromatic heterocycles. The third-order valence-electron chi connectivity index (χ3n) is 4.12. The van der Waals surface area contributed by atoms with Crippen LogP contribution in [0, 0.1) is 0 Å². The first kappa shape index (κ1) is 17.7. The summed E-state index contributed by atoms with van der Waals surface area (Å²) in [5.41, 5.74) is 7.47. The highest BCUT2D eigenvalue weighted by molar-refractivity contribution is 5.98. The molecule has 0 aliphatic carbocycles. The fraction of sp³-hybridized carbons (Fsp3) is 0.200. The number of aromatic amines is 1. The molecule has 0 fully saturated rings. The number of nitrogens with one attached hydrogen (secondary N) is 1. The van der Waals surface area contributed by atoms with Crippen LogP contribution < -0.4 is 11.3 Å². The molecule has 0 saturated heterocycles. The first-order chi connectivity index (χ1) is 13.2. The molecule has 4 rings (SSSR count). The summed E-state index contributed by atoms with van der Waals surface area (Å²) in [7, 11) is 0. The molecular weight excluding hydrogens is 358 g/mol. The van der Waals surface area contributed by atoms with Crippen LogP contribution in [0.25, 0.3) is 33.3 Å². The van der Waals surface area contributed by atoms with Gasteiger partial charge >= 0.3 is 6.09 Å². The van der Waals surface area contributed by atoms with Crippen molar-refractivity contribution in [2.24, 2.45) is 0 Å². The van der Waals surface area contributed by atoms with Crippen molar-refractivity contribution >= 4 is 33.8 Å². The van der Waals surface area contributed by atoms with Crippen molar-refractivity contribution in [3.63, 3.8) is 0 Å². The predicted molar refractivity (Wildman–Crippen MR) is 107 cm³/mol. The van der Waals surface area contributed by atoms with Crippen LogP contribution in [-0.4, -0.2) is 31.2 Å². The van der Waals surface area contributed by atoms with E-state index < -0.39 is 11.7 Å². The highest BCUT2D eigenvalue weighted by atomic mass is 16.6. The van der Waals surface area contributed by atoms with Gasteiger partial charge in [0.2, 0.25) is 0 Å². The summed E-state index contributed by atoms with van der Waals surface area (Å²) in [6.07, 6.45) is 2.53. The highest BCUT2D eigenvalue weighted by Crippen LogP contribution is 2.28. The van der Waals surface area contributed by atoms with Crippen molar-refractivity contribution in [1.29, 1.82) is 0 Å². The average Bonchev–Trinajstić information content (AvgIpc) is 2.99. The van der Waals surface area contributed by atoms with Gasteiger partial charge in [-0.05, 0) is 51.1 Å². The lowest BCUT2D eigenvalue weighted by atomic mass is 10.1. The number of ether oxygens (including phenoxy) is 1. The third-order valence-corrected chi connectivity index (χ3v) is 4.12. The maximum absolute atomic E-state index is 12.7. The topological polar surface area (TPSA) is 116 Å². The fourth-order valence-corrected chi connectivity index (χ4v) is 2.98. The number of nitrogen functional groups attached to an aromatic ring is 1. The van der Waals surface area contributed by atoms with Gasteiger partial charge in [-0.3, -0.25) is 4.79 Å². The van der Waals surface area contributed by atoms with Crippen molar-refractivity contribution < 1.29 is 9.53 Å². The van der Waals surface area contributed by atoms with E-state index in [9.17, 15) is 9.59 Å². The molecule has 0 radical (unpaired) electrons. The second kappa shape index (κ2) is 6.19. The molecule has 8 nitrogen and oxygen atoms in total. The van der Waals surface area contributed by atoms with Crippen molar-refractivity contribution in [1.82, 2.24) is 19.5 Å². The molecule has 142 valence electrons. The molecule has 4 aromatic rings. The Bertz CT molecular complexity index is 1280. The highest BCUT2D eigenvalue weighted by Gasteiger charge is 2.23. The minimum Gasteiger partial charge on any atom is -0.443 e. The zero-order chi connectivity index (χ0) is 20.1. The maximum Gasteiger partial charge on any atom is 0.420 e. The van der Waals surface area contributed by atoms with Crippen LogP contribution in [0.2, 0.25) is 0 Å². The number of carbonyl (C=O) groups is 1. The van der Waals surface area contributed by atoms with Crippen molar-refractivity contribution in [3.8, 4) is 11.3 Å². The first-order valence-electron chi connectivity index (χ1n) is 8.72. The Hall–Kier alpha value is -3.68. The minimum absolute atomic E-state index is 0.192. The molecule has 0 unspecified atom stereocenters. The van der Waals surface area contributed by atoms with E-state index in [1.54, 1.807) is 57.3 Å². The second-order valence-corrected chi connectivity index (χ2v) is 7.46. The van der Waals surface area contributed by atoms with Gasteiger partial charge in [0, 0.05) is 29.0 Å². The SMILES string of the molecule is CC(C)(C)OC(=O)n1cc(-c2nc3ccc(N)cc3[nH]c2=O)c2cccnc21. The lowest BCUT2D eigenvalue weighted by Gasteiger charge is -2.19. The van der Waals surface area contributed by atoms with Gasteiger partial charge < -0.3 is 15.5 Å². The van der Waals surface area contributed by atoms with Gasteiger partial charge in [-0.2, -0.15) is 0 Å². The van der Waals surface area contributed by atoms with E-state index in [0.717, 1.165) is 0 Å². The maximum atomic E-state index is 12.7. The van der Waals surface area contributed by atoms with Gasteiger partial charge in [-0.1, -0.05) is 0 Å². The molecule has 1 aromatic carbocycles. The number of hydrogen-bond donors (Lipinski definition) is 2. The Labute approximate surface area is 160 Å². The van der Waals surface area contributed by atoms with Gasteiger partial charge in [-0.15, -0.1) is 0 Å². The van der Waals surface area contributed by atoms with Crippen LogP contribution in [0.1, 0.15) is 20.8 Å². The van der Waals surface area contributed by atoms with E-state index in [1.165, 1.54) is 10.8 Å². The summed E-state index contributed by atoms with van der Waals surface area (Å²) in [5.74, 6) is 0. The molecule has 0 saturated carbocycles. The summed E-state index contributed by atoms with van der Waals surface area (Å²) in [6, 6.07) is 8.62. The molecule has 28 heavy (non-hydrogen) atoms. The number of nitrogens with zero attached hydrogens (tertiary/aromatic N) is 3. The number of carbonyl (C=O) groups excluding carboxylic acids is 1. The Balaban J connectivity index is 1.94. The number of hydrogen-bond acceptors (Lipinski definition) is 6. The Morgan fingerprint density at radius 2 is 2.04 bits per heavy atom. The van der Waals surface area contributed by atoms with Gasteiger partial charge in [0.05, 0.1) is 11.0 Å². The average molecular weight is 377 g/mol. The smallest absolute Gasteiger partial charge is 0.420 e. The zero-order valence-corrected chi connectivity index (χ0v) is 15.7. The first-order valence-corrected chi connectivity index (χ1v) is 8.72. The number of nitrogens with two attached hydrogens (primary N) is 1. The van der Waals surface area contributed by atoms with Gasteiger partial charge in [0.15, 0.2) is 0 Å². The van der Waals surface area contributed by atoms with E-state index in [1.807, 2.05) is 0 Å². The number of rotatable bonds is 1. The third kappa shape index (κ3) is 3.09. The largest absolute Gasteiger partial charge is 0.443 e.